The Morgan fingerprint density at radius 1 is 0.442 bits per heavy atom. The quantitative estimate of drug-likeness (QED) is 0.131. The largest absolute Gasteiger partial charge is 0.417 e. The predicted octanol–water partition coefficient (Wildman–Crippen LogP) is 9.79. The lowest BCUT2D eigenvalue weighted by atomic mass is 9.93. The normalized spacial score (nSPS) is 12.5. The first-order chi connectivity index (χ1) is 24.7. The lowest BCUT2D eigenvalue weighted by Gasteiger charge is -2.14. The van der Waals surface area contributed by atoms with E-state index in [0.717, 1.165) is 24.3 Å². The first-order valence-electron chi connectivity index (χ1n) is 14.8. The minimum absolute atomic E-state index is 0.0344. The van der Waals surface area contributed by atoms with E-state index in [4.69, 9.17) is 9.97 Å². The lowest BCUT2D eigenvalue weighted by Crippen LogP contribution is -2.08. The van der Waals surface area contributed by atoms with Crippen molar-refractivity contribution in [1.82, 2.24) is 9.97 Å². The molecule has 5 aromatic rings. The molecule has 1 aromatic heterocycles. The summed E-state index contributed by atoms with van der Waals surface area (Å²) < 4.78 is 111. The van der Waals surface area contributed by atoms with Gasteiger partial charge in [0.2, 0.25) is 0 Å². The topological polar surface area (TPSA) is 121 Å². The molecule has 7 rings (SSSR count). The molecule has 1 heterocycles. The van der Waals surface area contributed by atoms with Crippen LogP contribution in [-0.4, -0.2) is 9.97 Å². The van der Waals surface area contributed by atoms with E-state index >= 15 is 0 Å². The molecule has 0 radical (unpaired) electrons. The molecule has 0 unspecified atom stereocenters. The number of rotatable bonds is 2. The van der Waals surface area contributed by atoms with E-state index in [9.17, 15) is 56.2 Å². The van der Waals surface area contributed by atoms with Gasteiger partial charge in [0.1, 0.15) is 58.4 Å². The molecule has 14 heteroatoms. The smallest absolute Gasteiger partial charge is 0.243 e. The molecule has 2 aliphatic rings. The van der Waals surface area contributed by atoms with Crippen molar-refractivity contribution < 1.29 is 35.1 Å². The second kappa shape index (κ2) is 11.7. The van der Waals surface area contributed by atoms with Crippen LogP contribution in [0.25, 0.3) is 55.9 Å². The minimum atomic E-state index is -4.94. The van der Waals surface area contributed by atoms with Crippen LogP contribution in [0.1, 0.15) is 33.6 Å². The average molecular weight is 705 g/mol. The number of fused-ring (bicyclic) bond motifs is 6. The molecule has 0 saturated carbocycles. The number of nitrogens with zero attached hydrogens (tertiary/aromatic N) is 6. The second-order valence-corrected chi connectivity index (χ2v) is 11.5. The molecule has 0 bridgehead atoms. The third-order valence-corrected chi connectivity index (χ3v) is 8.60. The van der Waals surface area contributed by atoms with Crippen molar-refractivity contribution >= 4 is 11.1 Å². The fourth-order valence-electron chi connectivity index (χ4n) is 6.45. The molecular formula is C38H12F8N6. The van der Waals surface area contributed by atoms with Gasteiger partial charge in [0.05, 0.1) is 22.5 Å². The molecule has 0 N–H and O–H groups in total. The monoisotopic (exact) mass is 704 g/mol. The van der Waals surface area contributed by atoms with Gasteiger partial charge < -0.3 is 0 Å². The molecular weight excluding hydrogens is 692 g/mol. The van der Waals surface area contributed by atoms with Crippen LogP contribution in [0.3, 0.4) is 0 Å². The first-order valence-corrected chi connectivity index (χ1v) is 14.8. The Bertz CT molecular complexity index is 2460. The summed E-state index contributed by atoms with van der Waals surface area (Å²) in [5.74, 6) is -2.23. The van der Waals surface area contributed by atoms with Crippen LogP contribution in [0, 0.1) is 57.0 Å². The predicted molar refractivity (Wildman–Crippen MR) is 168 cm³/mol. The third kappa shape index (κ3) is 5.14. The van der Waals surface area contributed by atoms with Crippen LogP contribution in [0.15, 0.2) is 83.9 Å². The summed E-state index contributed by atoms with van der Waals surface area (Å²) in [5.41, 5.74) is -3.86. The zero-order chi connectivity index (χ0) is 37.3. The fourth-order valence-corrected chi connectivity index (χ4v) is 6.45. The zero-order valence-electron chi connectivity index (χ0n) is 25.6. The van der Waals surface area contributed by atoms with Gasteiger partial charge in [0.15, 0.2) is 0 Å². The molecule has 0 fully saturated rings. The maximum Gasteiger partial charge on any atom is 0.417 e. The summed E-state index contributed by atoms with van der Waals surface area (Å²) in [6.45, 7) is 0. The maximum absolute atomic E-state index is 13.9. The molecule has 0 atom stereocenters. The third-order valence-electron chi connectivity index (χ3n) is 8.60. The van der Waals surface area contributed by atoms with Gasteiger partial charge in [-0.1, -0.05) is 36.4 Å². The van der Waals surface area contributed by atoms with Crippen LogP contribution in [0.2, 0.25) is 0 Å². The Balaban J connectivity index is 1.48. The van der Waals surface area contributed by atoms with Gasteiger partial charge >= 0.3 is 12.4 Å². The highest BCUT2D eigenvalue weighted by atomic mass is 19.4. The number of halogens is 8. The van der Waals surface area contributed by atoms with Gasteiger partial charge in [-0.05, 0) is 69.8 Å². The standard InChI is InChI=1S/C38H12F8N6/c39-21-3-7-23(29(11-21)37(41,42)43)17-1-5-25-27(9-17)31(19(13-47)14-48)35-33(25)51-36-32(20(15-49)16-50)28-10-18(2-6-26(28)34(36)52-35)24-8-4-22(40)12-30(24)38(44,45)46/h1-12H. The number of hydrogen-bond donors (Lipinski definition) is 0. The van der Waals surface area contributed by atoms with Crippen molar-refractivity contribution in [2.75, 3.05) is 0 Å². The van der Waals surface area contributed by atoms with E-state index < -0.39 is 46.3 Å². The average Bonchev–Trinajstić information content (AvgIpc) is 3.59. The van der Waals surface area contributed by atoms with Crippen LogP contribution in [0.5, 0.6) is 0 Å². The SMILES string of the molecule is N#CC(C#N)=C1c2cc(-c3ccc(F)cc3C(F)(F)F)ccc2-c2nc3c(nc21)-c1ccc(-c2ccc(F)cc2C(F)(F)F)cc1C3=C(C#N)C#N. The molecule has 6 nitrogen and oxygen atoms in total. The highest BCUT2D eigenvalue weighted by Crippen LogP contribution is 2.52. The van der Waals surface area contributed by atoms with Crippen molar-refractivity contribution in [2.24, 2.45) is 0 Å². The van der Waals surface area contributed by atoms with Crippen molar-refractivity contribution in [1.29, 1.82) is 21.0 Å². The highest BCUT2D eigenvalue weighted by molar-refractivity contribution is 6.07. The van der Waals surface area contributed by atoms with Gasteiger partial charge in [-0.15, -0.1) is 0 Å². The van der Waals surface area contributed by atoms with Crippen LogP contribution >= 0.6 is 0 Å². The van der Waals surface area contributed by atoms with Gasteiger partial charge in [-0.2, -0.15) is 47.4 Å². The Morgan fingerprint density at radius 3 is 1.12 bits per heavy atom. The second-order valence-electron chi connectivity index (χ2n) is 11.5. The van der Waals surface area contributed by atoms with E-state index in [-0.39, 0.29) is 78.4 Å². The van der Waals surface area contributed by atoms with E-state index in [1.54, 1.807) is 24.3 Å². The van der Waals surface area contributed by atoms with E-state index in [1.807, 2.05) is 0 Å². The molecule has 250 valence electrons. The number of benzene rings is 4. The first kappa shape index (κ1) is 33.3. The Labute approximate surface area is 287 Å². The van der Waals surface area contributed by atoms with Crippen LogP contribution < -0.4 is 0 Å². The highest BCUT2D eigenvalue weighted by Gasteiger charge is 2.39. The number of aromatic nitrogens is 2. The van der Waals surface area contributed by atoms with E-state index in [0.29, 0.717) is 12.1 Å². The van der Waals surface area contributed by atoms with E-state index in [2.05, 4.69) is 0 Å². The summed E-state index contributed by atoms with van der Waals surface area (Å²) in [4.78, 5) is 9.39. The van der Waals surface area contributed by atoms with Gasteiger partial charge in [0, 0.05) is 22.3 Å². The fraction of sp³-hybridized carbons (Fsp3) is 0.0526. The molecule has 4 aromatic carbocycles. The number of hydrogen-bond acceptors (Lipinski definition) is 6. The zero-order valence-corrected chi connectivity index (χ0v) is 25.6. The molecule has 0 spiro atoms. The summed E-state index contributed by atoms with van der Waals surface area (Å²) in [5, 5.41) is 39.7. The summed E-state index contributed by atoms with van der Waals surface area (Å²) in [6, 6.07) is 19.3. The number of allylic oxidation sites excluding steroid dienone is 2. The van der Waals surface area contributed by atoms with Gasteiger partial charge in [-0.25, -0.2) is 18.7 Å². The molecule has 2 aliphatic carbocycles. The molecule has 0 saturated heterocycles. The maximum atomic E-state index is 13.9. The Morgan fingerprint density at radius 2 is 0.788 bits per heavy atom. The van der Waals surface area contributed by atoms with Crippen molar-refractivity contribution in [3.05, 3.63) is 129 Å². The van der Waals surface area contributed by atoms with Gasteiger partial charge in [0.25, 0.3) is 0 Å². The van der Waals surface area contributed by atoms with Crippen LogP contribution in [-0.2, 0) is 12.4 Å². The van der Waals surface area contributed by atoms with E-state index in [1.165, 1.54) is 36.4 Å². The summed E-state index contributed by atoms with van der Waals surface area (Å²) >= 11 is 0. The molecule has 0 amide bonds. The van der Waals surface area contributed by atoms with Gasteiger partial charge in [-0.3, -0.25) is 0 Å². The minimum Gasteiger partial charge on any atom is -0.243 e. The van der Waals surface area contributed by atoms with Crippen LogP contribution in [0.4, 0.5) is 35.1 Å². The van der Waals surface area contributed by atoms with Crippen molar-refractivity contribution in [3.8, 4) is 69.0 Å². The Hall–Kier alpha value is -7.16. The lowest BCUT2D eigenvalue weighted by molar-refractivity contribution is -0.138. The Kier molecular flexibility index (Phi) is 7.52. The molecule has 52 heavy (non-hydrogen) atoms. The number of alkyl halides is 6. The molecule has 0 aliphatic heterocycles. The summed E-state index contributed by atoms with van der Waals surface area (Å²) in [7, 11) is 0. The number of nitriles is 4. The van der Waals surface area contributed by atoms with Crippen molar-refractivity contribution in [3.63, 3.8) is 0 Å². The van der Waals surface area contributed by atoms with Crippen molar-refractivity contribution in [2.45, 2.75) is 12.4 Å². The summed E-state index contributed by atoms with van der Waals surface area (Å²) in [6.07, 6.45) is -9.88.